The van der Waals surface area contributed by atoms with Gasteiger partial charge in [0.2, 0.25) is 0 Å². The summed E-state index contributed by atoms with van der Waals surface area (Å²) in [5.41, 5.74) is 3.62. The summed E-state index contributed by atoms with van der Waals surface area (Å²) in [5, 5.41) is 5.39. The van der Waals surface area contributed by atoms with Gasteiger partial charge in [0, 0.05) is 35.9 Å². The minimum atomic E-state index is -0.202. The largest absolute Gasteiger partial charge is 0.486 e. The fourth-order valence-corrected chi connectivity index (χ4v) is 3.58. The molecule has 0 aliphatic carbocycles. The summed E-state index contributed by atoms with van der Waals surface area (Å²) in [6, 6.07) is 15.1. The molecular formula is C22H20N4O2S. The number of anilines is 1. The summed E-state index contributed by atoms with van der Waals surface area (Å²) in [5.74, 6) is 1.31. The lowest BCUT2D eigenvalue weighted by atomic mass is 10.1. The summed E-state index contributed by atoms with van der Waals surface area (Å²) in [6.45, 7) is 2.42. The van der Waals surface area contributed by atoms with Crippen LogP contribution in [0.25, 0.3) is 11.3 Å². The zero-order valence-electron chi connectivity index (χ0n) is 16.1. The molecule has 0 saturated carbocycles. The van der Waals surface area contributed by atoms with E-state index in [1.807, 2.05) is 54.4 Å². The second-order valence-electron chi connectivity index (χ2n) is 6.57. The van der Waals surface area contributed by atoms with Crippen molar-refractivity contribution in [2.24, 2.45) is 7.05 Å². The molecule has 4 rings (SSSR count). The molecule has 146 valence electrons. The first-order valence-electron chi connectivity index (χ1n) is 9.12. The van der Waals surface area contributed by atoms with Crippen LogP contribution < -0.4 is 10.1 Å². The van der Waals surface area contributed by atoms with Gasteiger partial charge in [-0.15, -0.1) is 11.3 Å². The standard InChI is InChI=1S/C22H20N4O2S/c1-15-5-3-4-6-18(15)19-14-29-22(24-19)25-21(27)16-7-9-17(10-8-16)28-13-20-23-11-12-26(20)2/h3-12,14H,13H2,1-2H3,(H,24,25,27). The van der Waals surface area contributed by atoms with Crippen LogP contribution in [0, 0.1) is 6.92 Å². The smallest absolute Gasteiger partial charge is 0.257 e. The van der Waals surface area contributed by atoms with Gasteiger partial charge in [0.1, 0.15) is 18.2 Å². The number of ether oxygens (including phenoxy) is 1. The van der Waals surface area contributed by atoms with Crippen LogP contribution in [-0.2, 0) is 13.7 Å². The number of amides is 1. The molecular weight excluding hydrogens is 384 g/mol. The Morgan fingerprint density at radius 3 is 2.69 bits per heavy atom. The molecule has 1 N–H and O–H groups in total. The Kier molecular flexibility index (Phi) is 5.39. The molecule has 7 heteroatoms. The number of aryl methyl sites for hydroxylation is 2. The highest BCUT2D eigenvalue weighted by atomic mass is 32.1. The quantitative estimate of drug-likeness (QED) is 0.506. The highest BCUT2D eigenvalue weighted by Crippen LogP contribution is 2.27. The van der Waals surface area contributed by atoms with E-state index in [-0.39, 0.29) is 5.91 Å². The number of hydrogen-bond acceptors (Lipinski definition) is 5. The van der Waals surface area contributed by atoms with E-state index in [1.54, 1.807) is 30.5 Å². The number of aromatic nitrogens is 3. The third-order valence-corrected chi connectivity index (χ3v) is 5.31. The molecule has 0 bridgehead atoms. The third kappa shape index (κ3) is 4.35. The molecule has 2 aromatic carbocycles. The normalized spacial score (nSPS) is 10.7. The summed E-state index contributed by atoms with van der Waals surface area (Å²) >= 11 is 1.41. The first-order valence-corrected chi connectivity index (χ1v) is 10.00. The predicted molar refractivity (Wildman–Crippen MR) is 114 cm³/mol. The molecule has 0 fully saturated rings. The van der Waals surface area contributed by atoms with Crippen molar-refractivity contribution in [3.05, 3.63) is 83.3 Å². The number of hydrogen-bond donors (Lipinski definition) is 1. The van der Waals surface area contributed by atoms with E-state index in [0.29, 0.717) is 23.1 Å². The van der Waals surface area contributed by atoms with E-state index in [2.05, 4.69) is 15.3 Å². The molecule has 0 aliphatic heterocycles. The molecule has 4 aromatic rings. The molecule has 6 nitrogen and oxygen atoms in total. The van der Waals surface area contributed by atoms with E-state index in [9.17, 15) is 4.79 Å². The Morgan fingerprint density at radius 2 is 1.97 bits per heavy atom. The van der Waals surface area contributed by atoms with Crippen molar-refractivity contribution >= 4 is 22.4 Å². The van der Waals surface area contributed by atoms with Crippen molar-refractivity contribution in [1.29, 1.82) is 0 Å². The lowest BCUT2D eigenvalue weighted by Crippen LogP contribution is -2.11. The summed E-state index contributed by atoms with van der Waals surface area (Å²) in [6.07, 6.45) is 3.60. The van der Waals surface area contributed by atoms with Crippen molar-refractivity contribution in [2.45, 2.75) is 13.5 Å². The fraction of sp³-hybridized carbons (Fsp3) is 0.136. The van der Waals surface area contributed by atoms with E-state index in [1.165, 1.54) is 11.3 Å². The van der Waals surface area contributed by atoms with Crippen molar-refractivity contribution in [3.63, 3.8) is 0 Å². The van der Waals surface area contributed by atoms with Crippen LogP contribution in [0.3, 0.4) is 0 Å². The monoisotopic (exact) mass is 404 g/mol. The first-order chi connectivity index (χ1) is 14.1. The Hall–Kier alpha value is -3.45. The average molecular weight is 404 g/mol. The Balaban J connectivity index is 1.39. The van der Waals surface area contributed by atoms with Crippen molar-refractivity contribution in [1.82, 2.24) is 14.5 Å². The van der Waals surface area contributed by atoms with Crippen molar-refractivity contribution in [2.75, 3.05) is 5.32 Å². The van der Waals surface area contributed by atoms with E-state index < -0.39 is 0 Å². The van der Waals surface area contributed by atoms with Crippen LogP contribution in [0.5, 0.6) is 5.75 Å². The van der Waals surface area contributed by atoms with Gasteiger partial charge in [-0.1, -0.05) is 24.3 Å². The SMILES string of the molecule is Cc1ccccc1-c1csc(NC(=O)c2ccc(OCc3nccn3C)cc2)n1. The van der Waals surface area contributed by atoms with Gasteiger partial charge in [-0.05, 0) is 36.8 Å². The van der Waals surface area contributed by atoms with Gasteiger partial charge in [0.15, 0.2) is 5.13 Å². The van der Waals surface area contributed by atoms with Gasteiger partial charge in [-0.25, -0.2) is 9.97 Å². The lowest BCUT2D eigenvalue weighted by molar-refractivity contribution is 0.102. The Bertz CT molecular complexity index is 1130. The van der Waals surface area contributed by atoms with Gasteiger partial charge in [0.05, 0.1) is 5.69 Å². The number of rotatable bonds is 6. The number of thiazole rings is 1. The number of imidazole rings is 1. The Labute approximate surface area is 172 Å². The highest BCUT2D eigenvalue weighted by Gasteiger charge is 2.11. The molecule has 0 aliphatic rings. The molecule has 0 saturated heterocycles. The number of benzene rings is 2. The summed E-state index contributed by atoms with van der Waals surface area (Å²) in [4.78, 5) is 21.3. The van der Waals surface area contributed by atoms with Gasteiger partial charge in [-0.3, -0.25) is 10.1 Å². The number of nitrogens with one attached hydrogen (secondary N) is 1. The van der Waals surface area contributed by atoms with Gasteiger partial charge < -0.3 is 9.30 Å². The Morgan fingerprint density at radius 1 is 1.17 bits per heavy atom. The topological polar surface area (TPSA) is 69.0 Å². The highest BCUT2D eigenvalue weighted by molar-refractivity contribution is 7.14. The summed E-state index contributed by atoms with van der Waals surface area (Å²) < 4.78 is 7.63. The zero-order valence-corrected chi connectivity index (χ0v) is 16.9. The van der Waals surface area contributed by atoms with Crippen LogP contribution in [0.4, 0.5) is 5.13 Å². The van der Waals surface area contributed by atoms with Crippen LogP contribution in [0.1, 0.15) is 21.7 Å². The maximum absolute atomic E-state index is 12.5. The number of carbonyl (C=O) groups excluding carboxylic acids is 1. The van der Waals surface area contributed by atoms with E-state index in [0.717, 1.165) is 22.6 Å². The second-order valence-corrected chi connectivity index (χ2v) is 7.43. The fourth-order valence-electron chi connectivity index (χ4n) is 2.87. The van der Waals surface area contributed by atoms with E-state index in [4.69, 9.17) is 4.74 Å². The van der Waals surface area contributed by atoms with Crippen LogP contribution in [0.15, 0.2) is 66.3 Å². The predicted octanol–water partition coefficient (Wildman–Crippen LogP) is 4.68. The molecule has 2 aromatic heterocycles. The number of nitrogens with zero attached hydrogens (tertiary/aromatic N) is 3. The van der Waals surface area contributed by atoms with Gasteiger partial charge in [0.25, 0.3) is 5.91 Å². The summed E-state index contributed by atoms with van der Waals surface area (Å²) in [7, 11) is 1.92. The maximum atomic E-state index is 12.5. The van der Waals surface area contributed by atoms with E-state index >= 15 is 0 Å². The maximum Gasteiger partial charge on any atom is 0.257 e. The first kappa shape index (κ1) is 18.9. The average Bonchev–Trinajstić information content (AvgIpc) is 3.36. The van der Waals surface area contributed by atoms with Crippen molar-refractivity contribution in [3.8, 4) is 17.0 Å². The minimum absolute atomic E-state index is 0.202. The molecule has 0 spiro atoms. The second kappa shape index (κ2) is 8.28. The minimum Gasteiger partial charge on any atom is -0.486 e. The zero-order chi connectivity index (χ0) is 20.2. The lowest BCUT2D eigenvalue weighted by Gasteiger charge is -2.07. The molecule has 0 atom stereocenters. The molecule has 0 radical (unpaired) electrons. The van der Waals surface area contributed by atoms with Crippen LogP contribution in [0.2, 0.25) is 0 Å². The van der Waals surface area contributed by atoms with Gasteiger partial charge in [-0.2, -0.15) is 0 Å². The van der Waals surface area contributed by atoms with Crippen LogP contribution >= 0.6 is 11.3 Å². The molecule has 29 heavy (non-hydrogen) atoms. The van der Waals surface area contributed by atoms with Gasteiger partial charge >= 0.3 is 0 Å². The third-order valence-electron chi connectivity index (χ3n) is 4.55. The number of carbonyl (C=O) groups is 1. The molecule has 1 amide bonds. The van der Waals surface area contributed by atoms with Crippen LogP contribution in [-0.4, -0.2) is 20.4 Å². The van der Waals surface area contributed by atoms with Crippen molar-refractivity contribution < 1.29 is 9.53 Å². The molecule has 2 heterocycles. The molecule has 0 unspecified atom stereocenters.